The zero-order valence-electron chi connectivity index (χ0n) is 68.8. The molecule has 20 rings (SSSR count). The Morgan fingerprint density at radius 1 is 0.392 bits per heavy atom. The predicted molar refractivity (Wildman–Crippen MR) is 465 cm³/mol. The van der Waals surface area contributed by atoms with Gasteiger partial charge in [0, 0.05) is 58.4 Å². The van der Waals surface area contributed by atoms with Gasteiger partial charge in [0.2, 0.25) is 9.84 Å². The molecule has 9 aliphatic rings. The van der Waals surface area contributed by atoms with Gasteiger partial charge in [-0.05, 0) is 246 Å². The number of ether oxygens (including phenoxy) is 3. The number of thiophene rings is 1. The minimum absolute atomic E-state index is 0.000706. The topological polar surface area (TPSA) is 254 Å². The van der Waals surface area contributed by atoms with Crippen molar-refractivity contribution in [2.45, 2.75) is 201 Å². The lowest BCUT2D eigenvalue weighted by Crippen LogP contribution is -2.59. The van der Waals surface area contributed by atoms with E-state index in [9.17, 15) is 57.6 Å². The molecule has 19 heteroatoms. The van der Waals surface area contributed by atoms with Crippen LogP contribution in [-0.2, 0) is 69.8 Å². The zero-order valence-corrected chi connectivity index (χ0v) is 72.1. The average Bonchev–Trinajstić information content (AvgIpc) is 0.975. The number of carboxylic acids is 3. The fourth-order valence-electron chi connectivity index (χ4n) is 19.3. The number of hydrogen-bond donors (Lipinski definition) is 1. The third-order valence-corrected chi connectivity index (χ3v) is 33.2. The first kappa shape index (κ1) is 87.7. The Bertz CT molecular complexity index is 5200. The van der Waals surface area contributed by atoms with E-state index >= 15 is 0 Å². The minimum Gasteiger partial charge on any atom is -0.550 e. The van der Waals surface area contributed by atoms with Gasteiger partial charge in [-0.25, -0.2) is 13.2 Å². The number of hydrogen-bond acceptors (Lipinski definition) is 15. The van der Waals surface area contributed by atoms with Crippen molar-refractivity contribution in [2.24, 2.45) is 58.2 Å². The summed E-state index contributed by atoms with van der Waals surface area (Å²) in [6.07, 6.45) is 8.79. The maximum Gasteiger partial charge on any atom is 0.338 e. The SMILES string of the molecule is CC(C)C(CC(=O)[O-])OC(=O)C12CC3CC(CC(C3)C1)C2.CC(C)C(CC(=O)[O-])OC(=O)C12CC3CC(CC(O)(C3)C1)C2.CC(C)C(CC(=O)[O-])OC(=O)c1ccccc1.O=S1(=O)c2ccccc2[S+](c2ccccc2)c2ccccc21.c1ccc(-[s+]2c3ccccc3c3ccccc32)cc1.c1ccc([S+](c2ccccc2)c2ccccc2)cc1. The minimum atomic E-state index is -3.44. The van der Waals surface area contributed by atoms with Crippen molar-refractivity contribution in [3.05, 3.63) is 285 Å². The Kier molecular flexibility index (Phi) is 28.6. The number of carbonyl (C=O) groups excluding carboxylic acids is 6. The lowest BCUT2D eigenvalue weighted by molar-refractivity contribution is -0.309. The van der Waals surface area contributed by atoms with Crippen LogP contribution < -0.4 is 15.3 Å². The van der Waals surface area contributed by atoms with Gasteiger partial charge in [-0.1, -0.05) is 199 Å². The molecule has 8 fully saturated rings. The average molecular weight is 1690 g/mol. The predicted octanol–water partition coefficient (Wildman–Crippen LogP) is 18.4. The molecule has 0 amide bonds. The Morgan fingerprint density at radius 3 is 1.09 bits per heavy atom. The summed E-state index contributed by atoms with van der Waals surface area (Å²) in [7, 11) is -3.77. The summed E-state index contributed by atoms with van der Waals surface area (Å²) in [4.78, 5) is 78.7. The highest BCUT2D eigenvalue weighted by molar-refractivity contribution is 8.00. The van der Waals surface area contributed by atoms with Crippen LogP contribution in [0.25, 0.3) is 25.1 Å². The van der Waals surface area contributed by atoms with Gasteiger partial charge in [0.15, 0.2) is 43.7 Å². The van der Waals surface area contributed by atoms with Crippen LogP contribution in [0.15, 0.2) is 318 Å². The largest absolute Gasteiger partial charge is 0.550 e. The number of carboxylic acid groups (broad SMARTS) is 3. The molecule has 1 aliphatic heterocycles. The van der Waals surface area contributed by atoms with Crippen LogP contribution in [0.5, 0.6) is 0 Å². The molecule has 5 atom stereocenters. The van der Waals surface area contributed by atoms with Crippen LogP contribution in [-0.4, -0.2) is 73.3 Å². The molecule has 8 aliphatic carbocycles. The van der Waals surface area contributed by atoms with Gasteiger partial charge in [0.1, 0.15) is 39.0 Å². The van der Waals surface area contributed by atoms with Gasteiger partial charge >= 0.3 is 17.9 Å². The second-order valence-electron chi connectivity index (χ2n) is 34.2. The lowest BCUT2D eigenvalue weighted by atomic mass is 9.48. The van der Waals surface area contributed by atoms with E-state index in [-0.39, 0.29) is 86.6 Å². The van der Waals surface area contributed by atoms with Crippen molar-refractivity contribution in [1.29, 1.82) is 0 Å². The van der Waals surface area contributed by atoms with Gasteiger partial charge in [-0.2, -0.15) is 0 Å². The summed E-state index contributed by atoms with van der Waals surface area (Å²) in [6, 6.07) is 93.8. The van der Waals surface area contributed by atoms with Crippen LogP contribution in [0.1, 0.15) is 148 Å². The third kappa shape index (κ3) is 20.9. The smallest absolute Gasteiger partial charge is 0.338 e. The Morgan fingerprint density at radius 2 is 0.708 bits per heavy atom. The number of carbonyl (C=O) groups is 6. The molecule has 11 aromatic rings. The highest BCUT2D eigenvalue weighted by Gasteiger charge is 2.61. The number of aliphatic hydroxyl groups is 1. The summed E-state index contributed by atoms with van der Waals surface area (Å²) in [5, 5.41) is 45.7. The third-order valence-electron chi connectivity index (χ3n) is 24.2. The molecular formula is C101H106O15S4. The maximum absolute atomic E-state index is 12.9. The van der Waals surface area contributed by atoms with Gasteiger partial charge in [-0.3, -0.25) is 9.59 Å². The fourth-order valence-corrected chi connectivity index (χ4v) is 28.5. The quantitative estimate of drug-likeness (QED) is 0.0423. The highest BCUT2D eigenvalue weighted by Crippen LogP contribution is 2.63. The normalized spacial score (nSPS) is 22.3. The molecule has 624 valence electrons. The van der Waals surface area contributed by atoms with Crippen molar-refractivity contribution in [3.63, 3.8) is 0 Å². The van der Waals surface area contributed by atoms with Crippen LogP contribution in [0.4, 0.5) is 0 Å². The maximum atomic E-state index is 12.9. The standard InChI is InChI=1S/C18H13O2S2.C18H13S.C18H15S.C17H26O5.C17H26O4.C13H16O4/c19-22(20)17-12-6-4-10-15(17)21(14-8-2-1-3-9-14)16-11-5-7-13-18(16)22;1-2-8-14(9-3-1)19-17-12-6-4-10-15(17)16-11-5-7-13-18(16)19;1-4-10-16(11-5-1)19(17-12-6-2-7-13-17)18-14-8-3-9-15-18;1-10(2)13(4-14(18)19)22-15(20)16-5-11-3-12(6-16)8-17(21,7-11)9-16;1-10(2)14(6-15(18)19)21-16(20)17-7-11-3-12(8-17)5-13(4-11)9-17;1-9(2)11(8-12(14)15)17-13(16)10-6-4-3-5-7-10/h1-13H;1-13H;1-15H;10-13,21H,3-9H2,1-2H3,(H,18,19);10-14H,3-9H2,1-2H3,(H,18,19);3-7,9,11H,8H2,1-2H3,(H,14,15)/q3*+1;;;/p-3. The van der Waals surface area contributed by atoms with Crippen molar-refractivity contribution in [2.75, 3.05) is 0 Å². The Hall–Kier alpha value is -10.2. The monoisotopic (exact) mass is 1690 g/mol. The molecule has 5 unspecified atom stereocenters. The fraction of sp³-hybridized carbons (Fsp3) is 0.347. The number of benzene rings is 10. The molecule has 10 aromatic carbocycles. The summed E-state index contributed by atoms with van der Waals surface area (Å²) in [6.45, 7) is 11.1. The Labute approximate surface area is 713 Å². The molecule has 0 radical (unpaired) electrons. The summed E-state index contributed by atoms with van der Waals surface area (Å²) in [5.41, 5.74) is -1.22. The van der Waals surface area contributed by atoms with Gasteiger partial charge in [0.05, 0.1) is 32.9 Å². The van der Waals surface area contributed by atoms with E-state index in [1.165, 1.54) is 59.0 Å². The van der Waals surface area contributed by atoms with E-state index in [2.05, 4.69) is 182 Å². The van der Waals surface area contributed by atoms with E-state index in [1.807, 2.05) is 70.2 Å². The van der Waals surface area contributed by atoms with Crippen molar-refractivity contribution in [3.8, 4) is 4.90 Å². The highest BCUT2D eigenvalue weighted by atomic mass is 32.2. The lowest BCUT2D eigenvalue weighted by Gasteiger charge is -2.58. The molecule has 8 bridgehead atoms. The van der Waals surface area contributed by atoms with Gasteiger partial charge in [0.25, 0.3) is 0 Å². The van der Waals surface area contributed by atoms with Crippen molar-refractivity contribution in [1.82, 2.24) is 0 Å². The number of sulfone groups is 1. The summed E-state index contributed by atoms with van der Waals surface area (Å²) in [5.74, 6) is -1.80. The van der Waals surface area contributed by atoms with Crippen LogP contribution in [0, 0.1) is 58.2 Å². The number of aliphatic carboxylic acids is 3. The first-order valence-corrected chi connectivity index (χ1v) is 46.9. The second-order valence-corrected chi connectivity index (χ2v) is 42.0. The van der Waals surface area contributed by atoms with Crippen LogP contribution in [0.2, 0.25) is 0 Å². The molecule has 1 aromatic heterocycles. The molecule has 1 N–H and O–H groups in total. The molecule has 0 spiro atoms. The van der Waals surface area contributed by atoms with E-state index in [1.54, 1.807) is 68.4 Å². The molecule has 0 saturated heterocycles. The molecular weight excluding hydrogens is 1580 g/mol. The van der Waals surface area contributed by atoms with Gasteiger partial charge < -0.3 is 49.0 Å². The summed E-state index contributed by atoms with van der Waals surface area (Å²) >= 11 is 0. The van der Waals surface area contributed by atoms with E-state index in [4.69, 9.17) is 14.2 Å². The van der Waals surface area contributed by atoms with Crippen molar-refractivity contribution < 1.29 is 71.8 Å². The number of fused-ring (bicyclic) bond motifs is 5. The van der Waals surface area contributed by atoms with Crippen LogP contribution >= 0.6 is 10.5 Å². The first-order chi connectivity index (χ1) is 57.7. The molecule has 2 heterocycles. The Balaban J connectivity index is 0.000000125. The van der Waals surface area contributed by atoms with E-state index < -0.39 is 63.0 Å². The second kappa shape index (κ2) is 39.1. The van der Waals surface area contributed by atoms with E-state index in [0.717, 1.165) is 66.1 Å². The van der Waals surface area contributed by atoms with E-state index in [0.29, 0.717) is 51.4 Å². The first-order valence-electron chi connectivity index (χ1n) is 41.8. The number of esters is 3. The van der Waals surface area contributed by atoms with Crippen LogP contribution in [0.3, 0.4) is 0 Å². The number of rotatable bonds is 20. The zero-order chi connectivity index (χ0) is 84.9. The van der Waals surface area contributed by atoms with Gasteiger partial charge in [-0.15, -0.1) is 0 Å². The molecule has 15 nitrogen and oxygen atoms in total. The summed E-state index contributed by atoms with van der Waals surface area (Å²) < 4.78 is 45.0. The van der Waals surface area contributed by atoms with Crippen molar-refractivity contribution >= 4 is 98.1 Å². The molecule has 120 heavy (non-hydrogen) atoms. The molecule has 8 saturated carbocycles.